The minimum absolute atomic E-state index is 0.174. The second-order valence-electron chi connectivity index (χ2n) is 5.49. The minimum Gasteiger partial charge on any atom is -0.491 e. The first-order chi connectivity index (χ1) is 10.5. The van der Waals surface area contributed by atoms with E-state index in [1.807, 2.05) is 44.2 Å². The summed E-state index contributed by atoms with van der Waals surface area (Å²) in [5.74, 6) is 0.881. The van der Waals surface area contributed by atoms with Gasteiger partial charge in [-0.1, -0.05) is 29.8 Å². The second-order valence-corrected chi connectivity index (χ2v) is 5.90. The summed E-state index contributed by atoms with van der Waals surface area (Å²) in [6, 6.07) is 16.2. The van der Waals surface area contributed by atoms with Crippen LogP contribution >= 0.6 is 12.2 Å². The minimum atomic E-state index is 0.174. The highest BCUT2D eigenvalue weighted by atomic mass is 32.1. The van der Waals surface area contributed by atoms with Crippen molar-refractivity contribution in [1.82, 2.24) is 5.32 Å². The lowest BCUT2D eigenvalue weighted by molar-refractivity contribution is 0.242. The van der Waals surface area contributed by atoms with E-state index in [4.69, 9.17) is 17.0 Å². The van der Waals surface area contributed by atoms with E-state index in [9.17, 15) is 0 Å². The summed E-state index contributed by atoms with van der Waals surface area (Å²) in [5.41, 5.74) is 3.34. The average molecular weight is 314 g/mol. The Morgan fingerprint density at radius 3 is 2.55 bits per heavy atom. The Morgan fingerprint density at radius 1 is 1.14 bits per heavy atom. The standard InChI is InChI=1S/C18H22N2OS/c1-13(2)21-17-6-4-5-15(11-17)12-19-18(22)20-16-9-7-14(3)8-10-16/h4-11,13H,12H2,1-3H3,(H2,19,20,22). The van der Waals surface area contributed by atoms with E-state index in [0.29, 0.717) is 11.7 Å². The van der Waals surface area contributed by atoms with Crippen molar-refractivity contribution in [2.45, 2.75) is 33.4 Å². The predicted octanol–water partition coefficient (Wildman–Crippen LogP) is 4.27. The van der Waals surface area contributed by atoms with E-state index in [1.165, 1.54) is 5.56 Å². The molecule has 3 nitrogen and oxygen atoms in total. The molecule has 0 atom stereocenters. The first-order valence-corrected chi connectivity index (χ1v) is 7.81. The van der Waals surface area contributed by atoms with Crippen LogP contribution < -0.4 is 15.4 Å². The Labute approximate surface area is 137 Å². The van der Waals surface area contributed by atoms with Crippen molar-refractivity contribution in [3.8, 4) is 5.75 Å². The molecule has 2 aromatic carbocycles. The molecular formula is C18H22N2OS. The van der Waals surface area contributed by atoms with E-state index < -0.39 is 0 Å². The van der Waals surface area contributed by atoms with Gasteiger partial charge in [-0.05, 0) is 62.8 Å². The zero-order valence-electron chi connectivity index (χ0n) is 13.2. The number of hydrogen-bond donors (Lipinski definition) is 2. The smallest absolute Gasteiger partial charge is 0.171 e. The van der Waals surface area contributed by atoms with Gasteiger partial charge in [0.2, 0.25) is 0 Å². The Kier molecular flexibility index (Phi) is 5.78. The van der Waals surface area contributed by atoms with Gasteiger partial charge in [0.1, 0.15) is 5.75 Å². The van der Waals surface area contributed by atoms with Crippen molar-refractivity contribution in [2.24, 2.45) is 0 Å². The van der Waals surface area contributed by atoms with Gasteiger partial charge in [0.15, 0.2) is 5.11 Å². The third-order valence-electron chi connectivity index (χ3n) is 3.03. The second kappa shape index (κ2) is 7.80. The quantitative estimate of drug-likeness (QED) is 0.808. The van der Waals surface area contributed by atoms with Crippen molar-refractivity contribution in [3.63, 3.8) is 0 Å². The number of ether oxygens (including phenoxy) is 1. The molecular weight excluding hydrogens is 292 g/mol. The maximum Gasteiger partial charge on any atom is 0.171 e. The summed E-state index contributed by atoms with van der Waals surface area (Å²) in [6.45, 7) is 6.76. The number of hydrogen-bond acceptors (Lipinski definition) is 2. The van der Waals surface area contributed by atoms with Gasteiger partial charge < -0.3 is 15.4 Å². The maximum atomic E-state index is 5.69. The molecule has 0 amide bonds. The van der Waals surface area contributed by atoms with Crippen LogP contribution in [0.3, 0.4) is 0 Å². The van der Waals surface area contributed by atoms with Gasteiger partial charge in [0.25, 0.3) is 0 Å². The van der Waals surface area contributed by atoms with Gasteiger partial charge >= 0.3 is 0 Å². The molecule has 0 aliphatic heterocycles. The zero-order valence-corrected chi connectivity index (χ0v) is 14.0. The number of thiocarbonyl (C=S) groups is 1. The molecule has 0 spiro atoms. The Hall–Kier alpha value is -2.07. The molecule has 2 aromatic rings. The molecule has 0 saturated heterocycles. The fourth-order valence-electron chi connectivity index (χ4n) is 2.00. The predicted molar refractivity (Wildman–Crippen MR) is 96.4 cm³/mol. The molecule has 0 aliphatic carbocycles. The largest absolute Gasteiger partial charge is 0.491 e. The van der Waals surface area contributed by atoms with Crippen LogP contribution in [0.2, 0.25) is 0 Å². The maximum absolute atomic E-state index is 5.69. The number of aryl methyl sites for hydroxylation is 1. The van der Waals surface area contributed by atoms with Crippen LogP contribution in [0.4, 0.5) is 5.69 Å². The molecule has 116 valence electrons. The van der Waals surface area contributed by atoms with Crippen LogP contribution in [-0.2, 0) is 6.54 Å². The van der Waals surface area contributed by atoms with E-state index in [0.717, 1.165) is 17.0 Å². The fourth-order valence-corrected chi connectivity index (χ4v) is 2.19. The summed E-state index contributed by atoms with van der Waals surface area (Å²) in [5, 5.41) is 6.99. The highest BCUT2D eigenvalue weighted by Gasteiger charge is 2.01. The topological polar surface area (TPSA) is 33.3 Å². The zero-order chi connectivity index (χ0) is 15.9. The third kappa shape index (κ3) is 5.37. The molecule has 0 aliphatic rings. The average Bonchev–Trinajstić information content (AvgIpc) is 2.47. The van der Waals surface area contributed by atoms with E-state index in [1.54, 1.807) is 0 Å². The molecule has 0 aromatic heterocycles. The van der Waals surface area contributed by atoms with Crippen molar-refractivity contribution in [2.75, 3.05) is 5.32 Å². The van der Waals surface area contributed by atoms with Crippen LogP contribution in [0.5, 0.6) is 5.75 Å². The van der Waals surface area contributed by atoms with Crippen LogP contribution in [0.25, 0.3) is 0 Å². The summed E-state index contributed by atoms with van der Waals surface area (Å²) in [4.78, 5) is 0. The number of benzene rings is 2. The molecule has 0 heterocycles. The van der Waals surface area contributed by atoms with E-state index >= 15 is 0 Å². The Bertz CT molecular complexity index is 623. The van der Waals surface area contributed by atoms with E-state index in [-0.39, 0.29) is 6.10 Å². The molecule has 0 fully saturated rings. The van der Waals surface area contributed by atoms with Gasteiger partial charge in [-0.2, -0.15) is 0 Å². The highest BCUT2D eigenvalue weighted by molar-refractivity contribution is 7.80. The molecule has 2 N–H and O–H groups in total. The summed E-state index contributed by atoms with van der Waals surface area (Å²) >= 11 is 5.32. The first-order valence-electron chi connectivity index (χ1n) is 7.40. The van der Waals surface area contributed by atoms with Crippen molar-refractivity contribution in [1.29, 1.82) is 0 Å². The number of nitrogens with one attached hydrogen (secondary N) is 2. The summed E-state index contributed by atoms with van der Waals surface area (Å²) in [6.07, 6.45) is 0.174. The monoisotopic (exact) mass is 314 g/mol. The SMILES string of the molecule is Cc1ccc(NC(=S)NCc2cccc(OC(C)C)c2)cc1. The highest BCUT2D eigenvalue weighted by Crippen LogP contribution is 2.15. The Morgan fingerprint density at radius 2 is 1.86 bits per heavy atom. The number of anilines is 1. The van der Waals surface area contributed by atoms with Crippen LogP contribution in [0.15, 0.2) is 48.5 Å². The molecule has 22 heavy (non-hydrogen) atoms. The van der Waals surface area contributed by atoms with Crippen molar-refractivity contribution >= 4 is 23.0 Å². The van der Waals surface area contributed by atoms with Gasteiger partial charge in [0, 0.05) is 12.2 Å². The van der Waals surface area contributed by atoms with Gasteiger partial charge in [0.05, 0.1) is 6.10 Å². The molecule has 2 rings (SSSR count). The summed E-state index contributed by atoms with van der Waals surface area (Å²) < 4.78 is 5.69. The van der Waals surface area contributed by atoms with Gasteiger partial charge in [-0.3, -0.25) is 0 Å². The first kappa shape index (κ1) is 16.3. The molecule has 0 radical (unpaired) electrons. The van der Waals surface area contributed by atoms with Crippen LogP contribution in [0.1, 0.15) is 25.0 Å². The summed E-state index contributed by atoms with van der Waals surface area (Å²) in [7, 11) is 0. The Balaban J connectivity index is 1.86. The normalized spacial score (nSPS) is 10.4. The molecule has 0 saturated carbocycles. The lowest BCUT2D eigenvalue weighted by atomic mass is 10.2. The van der Waals surface area contributed by atoms with E-state index in [2.05, 4.69) is 35.8 Å². The van der Waals surface area contributed by atoms with Gasteiger partial charge in [-0.15, -0.1) is 0 Å². The fraction of sp³-hybridized carbons (Fsp3) is 0.278. The van der Waals surface area contributed by atoms with Crippen molar-refractivity contribution in [3.05, 3.63) is 59.7 Å². The molecule has 0 bridgehead atoms. The lowest BCUT2D eigenvalue weighted by Crippen LogP contribution is -2.27. The molecule has 4 heteroatoms. The van der Waals surface area contributed by atoms with Gasteiger partial charge in [-0.25, -0.2) is 0 Å². The lowest BCUT2D eigenvalue weighted by Gasteiger charge is -2.13. The number of rotatable bonds is 5. The van der Waals surface area contributed by atoms with Crippen LogP contribution in [0, 0.1) is 6.92 Å². The molecule has 0 unspecified atom stereocenters. The van der Waals surface area contributed by atoms with Crippen LogP contribution in [-0.4, -0.2) is 11.2 Å². The third-order valence-corrected chi connectivity index (χ3v) is 3.28. The van der Waals surface area contributed by atoms with Crippen molar-refractivity contribution < 1.29 is 4.74 Å².